The normalized spacial score (nSPS) is 22.6. The number of imidazole rings is 1. The third-order valence-corrected chi connectivity index (χ3v) is 4.30. The lowest BCUT2D eigenvalue weighted by Gasteiger charge is -2.37. The summed E-state index contributed by atoms with van der Waals surface area (Å²) in [7, 11) is 0. The van der Waals surface area contributed by atoms with Crippen molar-refractivity contribution in [2.75, 3.05) is 6.54 Å². The monoisotopic (exact) mass is 234 g/mol. The number of rotatable bonds is 2. The van der Waals surface area contributed by atoms with Gasteiger partial charge in [0, 0.05) is 32.2 Å². The van der Waals surface area contributed by atoms with E-state index in [4.69, 9.17) is 5.73 Å². The summed E-state index contributed by atoms with van der Waals surface area (Å²) in [6.07, 6.45) is 8.96. The first kappa shape index (κ1) is 11.2. The van der Waals surface area contributed by atoms with Crippen LogP contribution in [0.4, 0.5) is 0 Å². The van der Waals surface area contributed by atoms with Crippen molar-refractivity contribution in [2.45, 2.75) is 57.8 Å². The van der Waals surface area contributed by atoms with Crippen molar-refractivity contribution in [1.29, 1.82) is 0 Å². The fourth-order valence-electron chi connectivity index (χ4n) is 3.26. The predicted molar refractivity (Wildman–Crippen MR) is 67.4 cm³/mol. The zero-order chi connectivity index (χ0) is 11.7. The molecule has 3 rings (SSSR count). The van der Waals surface area contributed by atoms with Gasteiger partial charge in [0.15, 0.2) is 0 Å². The Morgan fingerprint density at radius 1 is 1.24 bits per heavy atom. The molecule has 1 aromatic rings. The standard InChI is InChI=1S/C13H22N4/c14-8-12-13-9-16(6-7-17(13)10-15-12)11-4-2-1-3-5-11/h10-11H,1-9,14H2. The van der Waals surface area contributed by atoms with E-state index in [1.807, 2.05) is 6.33 Å². The van der Waals surface area contributed by atoms with Crippen molar-refractivity contribution in [3.05, 3.63) is 17.7 Å². The predicted octanol–water partition coefficient (Wildman–Crippen LogP) is 1.49. The third kappa shape index (κ3) is 2.11. The highest BCUT2D eigenvalue weighted by Gasteiger charge is 2.26. The van der Waals surface area contributed by atoms with Crippen LogP contribution in [0.5, 0.6) is 0 Å². The zero-order valence-electron chi connectivity index (χ0n) is 10.4. The minimum atomic E-state index is 0.570. The maximum Gasteiger partial charge on any atom is 0.0953 e. The maximum absolute atomic E-state index is 5.75. The Bertz CT molecular complexity index is 365. The van der Waals surface area contributed by atoms with Crippen LogP contribution >= 0.6 is 0 Å². The van der Waals surface area contributed by atoms with Crippen molar-refractivity contribution in [1.82, 2.24) is 14.5 Å². The van der Waals surface area contributed by atoms with Gasteiger partial charge in [-0.3, -0.25) is 4.90 Å². The van der Waals surface area contributed by atoms with Gasteiger partial charge in [0.05, 0.1) is 17.7 Å². The van der Waals surface area contributed by atoms with Gasteiger partial charge in [0.1, 0.15) is 0 Å². The van der Waals surface area contributed by atoms with E-state index in [0.29, 0.717) is 6.54 Å². The molecule has 1 saturated carbocycles. The summed E-state index contributed by atoms with van der Waals surface area (Å²) in [6, 6.07) is 0.804. The quantitative estimate of drug-likeness (QED) is 0.843. The average molecular weight is 234 g/mol. The van der Waals surface area contributed by atoms with Gasteiger partial charge < -0.3 is 10.3 Å². The first-order valence-electron chi connectivity index (χ1n) is 6.85. The van der Waals surface area contributed by atoms with E-state index in [0.717, 1.165) is 24.8 Å². The number of hydrogen-bond acceptors (Lipinski definition) is 3. The van der Waals surface area contributed by atoms with E-state index < -0.39 is 0 Å². The highest BCUT2D eigenvalue weighted by Crippen LogP contribution is 2.26. The second-order valence-corrected chi connectivity index (χ2v) is 5.30. The summed E-state index contributed by atoms with van der Waals surface area (Å²) in [5.74, 6) is 0. The molecule has 2 aliphatic rings. The maximum atomic E-state index is 5.75. The van der Waals surface area contributed by atoms with Crippen molar-refractivity contribution in [3.63, 3.8) is 0 Å². The van der Waals surface area contributed by atoms with Crippen molar-refractivity contribution in [2.24, 2.45) is 5.73 Å². The van der Waals surface area contributed by atoms with Crippen LogP contribution in [0.1, 0.15) is 43.5 Å². The highest BCUT2D eigenvalue weighted by molar-refractivity contribution is 5.14. The van der Waals surface area contributed by atoms with Crippen LogP contribution in [-0.4, -0.2) is 27.0 Å². The summed E-state index contributed by atoms with van der Waals surface area (Å²) >= 11 is 0. The van der Waals surface area contributed by atoms with Crippen molar-refractivity contribution < 1.29 is 0 Å². The molecule has 1 aliphatic carbocycles. The summed E-state index contributed by atoms with van der Waals surface area (Å²) in [4.78, 5) is 7.06. The molecule has 94 valence electrons. The van der Waals surface area contributed by atoms with Gasteiger partial charge in [-0.25, -0.2) is 4.98 Å². The number of nitrogens with zero attached hydrogens (tertiary/aromatic N) is 3. The van der Waals surface area contributed by atoms with E-state index in [1.54, 1.807) is 0 Å². The number of nitrogens with two attached hydrogens (primary N) is 1. The molecule has 0 radical (unpaired) electrons. The lowest BCUT2D eigenvalue weighted by molar-refractivity contribution is 0.123. The van der Waals surface area contributed by atoms with Gasteiger partial charge >= 0.3 is 0 Å². The lowest BCUT2D eigenvalue weighted by atomic mass is 9.93. The van der Waals surface area contributed by atoms with Crippen LogP contribution in [0.25, 0.3) is 0 Å². The van der Waals surface area contributed by atoms with E-state index in [9.17, 15) is 0 Å². The van der Waals surface area contributed by atoms with Crippen molar-refractivity contribution in [3.8, 4) is 0 Å². The molecule has 0 atom stereocenters. The van der Waals surface area contributed by atoms with Crippen molar-refractivity contribution >= 4 is 0 Å². The minimum Gasteiger partial charge on any atom is -0.332 e. The SMILES string of the molecule is NCc1ncn2c1CN(C1CCCCC1)CC2. The fourth-order valence-corrected chi connectivity index (χ4v) is 3.26. The molecule has 1 aromatic heterocycles. The van der Waals surface area contributed by atoms with Crippen LogP contribution < -0.4 is 5.73 Å². The van der Waals surface area contributed by atoms with Gasteiger partial charge in [-0.2, -0.15) is 0 Å². The Morgan fingerprint density at radius 3 is 2.82 bits per heavy atom. The van der Waals surface area contributed by atoms with E-state index >= 15 is 0 Å². The molecule has 17 heavy (non-hydrogen) atoms. The molecular formula is C13H22N4. The topological polar surface area (TPSA) is 47.1 Å². The molecule has 2 N–H and O–H groups in total. The number of fused-ring (bicyclic) bond motifs is 1. The second-order valence-electron chi connectivity index (χ2n) is 5.30. The first-order chi connectivity index (χ1) is 8.38. The number of hydrogen-bond donors (Lipinski definition) is 1. The van der Waals surface area contributed by atoms with Gasteiger partial charge in [-0.1, -0.05) is 19.3 Å². The molecular weight excluding hydrogens is 212 g/mol. The largest absolute Gasteiger partial charge is 0.332 e. The molecule has 4 heteroatoms. The summed E-state index contributed by atoms with van der Waals surface area (Å²) < 4.78 is 2.28. The van der Waals surface area contributed by atoms with Crippen LogP contribution in [0, 0.1) is 0 Å². The Balaban J connectivity index is 1.74. The number of aromatic nitrogens is 2. The van der Waals surface area contributed by atoms with Crippen LogP contribution in [0.2, 0.25) is 0 Å². The molecule has 2 heterocycles. The lowest BCUT2D eigenvalue weighted by Crippen LogP contribution is -2.42. The van der Waals surface area contributed by atoms with Gasteiger partial charge in [-0.15, -0.1) is 0 Å². The van der Waals surface area contributed by atoms with Crippen LogP contribution in [-0.2, 0) is 19.6 Å². The zero-order valence-corrected chi connectivity index (χ0v) is 10.4. The Morgan fingerprint density at radius 2 is 2.06 bits per heavy atom. The van der Waals surface area contributed by atoms with Crippen LogP contribution in [0.15, 0.2) is 6.33 Å². The Kier molecular flexibility index (Phi) is 3.16. The summed E-state index contributed by atoms with van der Waals surface area (Å²) in [5, 5.41) is 0. The minimum absolute atomic E-state index is 0.570. The molecule has 0 aromatic carbocycles. The molecule has 1 aliphatic heterocycles. The molecule has 0 spiro atoms. The Hall–Kier alpha value is -0.870. The van der Waals surface area contributed by atoms with Crippen LogP contribution in [0.3, 0.4) is 0 Å². The fraction of sp³-hybridized carbons (Fsp3) is 0.769. The first-order valence-corrected chi connectivity index (χ1v) is 6.85. The third-order valence-electron chi connectivity index (χ3n) is 4.30. The second kappa shape index (κ2) is 4.78. The van der Waals surface area contributed by atoms with Gasteiger partial charge in [0.25, 0.3) is 0 Å². The molecule has 0 unspecified atom stereocenters. The smallest absolute Gasteiger partial charge is 0.0953 e. The van der Waals surface area contributed by atoms with E-state index in [-0.39, 0.29) is 0 Å². The molecule has 0 amide bonds. The molecule has 0 saturated heterocycles. The highest BCUT2D eigenvalue weighted by atomic mass is 15.2. The van der Waals surface area contributed by atoms with E-state index in [2.05, 4.69) is 14.5 Å². The summed E-state index contributed by atoms with van der Waals surface area (Å²) in [5.41, 5.74) is 8.19. The molecule has 0 bridgehead atoms. The van der Waals surface area contributed by atoms with E-state index in [1.165, 1.54) is 44.3 Å². The summed E-state index contributed by atoms with van der Waals surface area (Å²) in [6.45, 7) is 3.88. The van der Waals surface area contributed by atoms with Gasteiger partial charge in [0.2, 0.25) is 0 Å². The molecule has 4 nitrogen and oxygen atoms in total. The Labute approximate surface area is 103 Å². The van der Waals surface area contributed by atoms with Gasteiger partial charge in [-0.05, 0) is 12.8 Å². The molecule has 1 fully saturated rings. The average Bonchev–Trinajstić information content (AvgIpc) is 2.81.